The molecular formula is C29H37N5O3Si. The van der Waals surface area contributed by atoms with Gasteiger partial charge in [-0.25, -0.2) is 15.0 Å². The lowest BCUT2D eigenvalue weighted by Gasteiger charge is -2.40. The van der Waals surface area contributed by atoms with Crippen molar-refractivity contribution in [2.75, 3.05) is 31.7 Å². The van der Waals surface area contributed by atoms with Crippen LogP contribution in [0.4, 0.5) is 5.82 Å². The third-order valence-electron chi connectivity index (χ3n) is 7.41. The first-order chi connectivity index (χ1) is 18.0. The summed E-state index contributed by atoms with van der Waals surface area (Å²) in [5.74, 6) is 1.95. The van der Waals surface area contributed by atoms with Crippen LogP contribution in [0.15, 0.2) is 72.1 Å². The standard InChI is InChI=1S/C29H37N5O3Si/c1-21(36-5)23-18-33(19-23)27-28(35)34(25-13-11-22(12-14-25)26-30-15-9-16-31-26)20-24(32-27)10-8-17-37-38(6,7)29(2,3)4/h8-16,20,23H,1,17-19H2,2-7H3/b10-8+. The minimum Gasteiger partial charge on any atom is -0.501 e. The lowest BCUT2D eigenvalue weighted by Crippen LogP contribution is -2.50. The molecule has 0 unspecified atom stereocenters. The average molecular weight is 532 g/mol. The number of nitrogens with zero attached hydrogens (tertiary/aromatic N) is 5. The number of hydrogen-bond donors (Lipinski definition) is 0. The van der Waals surface area contributed by atoms with Crippen molar-refractivity contribution in [1.29, 1.82) is 0 Å². The molecule has 1 aliphatic heterocycles. The SMILES string of the molecule is C=C(OC)C1CN(c2nc(/C=C/CO[Si](C)(C)C(C)(C)C)cn(-c3ccc(-c4ncccn4)cc3)c2=O)C1. The van der Waals surface area contributed by atoms with Gasteiger partial charge < -0.3 is 14.1 Å². The van der Waals surface area contributed by atoms with Crippen LogP contribution in [-0.2, 0) is 9.16 Å². The van der Waals surface area contributed by atoms with E-state index in [0.717, 1.165) is 17.0 Å². The van der Waals surface area contributed by atoms with E-state index in [1.807, 2.05) is 41.3 Å². The van der Waals surface area contributed by atoms with E-state index >= 15 is 0 Å². The first-order valence-electron chi connectivity index (χ1n) is 12.8. The van der Waals surface area contributed by atoms with E-state index in [2.05, 4.69) is 50.4 Å². The summed E-state index contributed by atoms with van der Waals surface area (Å²) in [5, 5.41) is 0.136. The van der Waals surface area contributed by atoms with Crippen molar-refractivity contribution in [3.05, 3.63) is 83.4 Å². The zero-order valence-corrected chi connectivity index (χ0v) is 24.1. The van der Waals surface area contributed by atoms with Crippen molar-refractivity contribution in [2.24, 2.45) is 5.92 Å². The first-order valence-corrected chi connectivity index (χ1v) is 15.7. The summed E-state index contributed by atoms with van der Waals surface area (Å²) in [6, 6.07) is 9.42. The number of hydrogen-bond acceptors (Lipinski definition) is 7. The molecule has 0 aliphatic carbocycles. The van der Waals surface area contributed by atoms with Gasteiger partial charge in [0.1, 0.15) is 0 Å². The van der Waals surface area contributed by atoms with Gasteiger partial charge in [-0.05, 0) is 54.5 Å². The number of benzene rings is 1. The molecule has 3 heterocycles. The van der Waals surface area contributed by atoms with E-state index in [4.69, 9.17) is 14.1 Å². The second-order valence-corrected chi connectivity index (χ2v) is 15.8. The minimum absolute atomic E-state index is 0.136. The van der Waals surface area contributed by atoms with Crippen molar-refractivity contribution >= 4 is 20.2 Å². The third kappa shape index (κ3) is 5.94. The Bertz CT molecular complexity index is 1360. The fraction of sp³-hybridized carbons (Fsp3) is 0.379. The zero-order chi connectivity index (χ0) is 27.5. The number of anilines is 1. The number of rotatable bonds is 9. The van der Waals surface area contributed by atoms with Gasteiger partial charge in [0, 0.05) is 42.9 Å². The fourth-order valence-corrected chi connectivity index (χ4v) is 4.80. The number of aromatic nitrogens is 4. The highest BCUT2D eigenvalue weighted by Gasteiger charge is 2.36. The van der Waals surface area contributed by atoms with Crippen molar-refractivity contribution in [3.8, 4) is 17.1 Å². The molecule has 0 spiro atoms. The highest BCUT2D eigenvalue weighted by Crippen LogP contribution is 2.36. The molecule has 200 valence electrons. The van der Waals surface area contributed by atoms with Crippen molar-refractivity contribution in [3.63, 3.8) is 0 Å². The topological polar surface area (TPSA) is 82.4 Å². The lowest BCUT2D eigenvalue weighted by molar-refractivity contribution is 0.223. The van der Waals surface area contributed by atoms with E-state index in [0.29, 0.717) is 37.0 Å². The van der Waals surface area contributed by atoms with Gasteiger partial charge in [0.15, 0.2) is 20.0 Å². The molecule has 38 heavy (non-hydrogen) atoms. The van der Waals surface area contributed by atoms with Gasteiger partial charge in [0.05, 0.1) is 31.1 Å². The fourth-order valence-electron chi connectivity index (χ4n) is 3.86. The van der Waals surface area contributed by atoms with Crippen LogP contribution < -0.4 is 10.5 Å². The molecule has 0 bridgehead atoms. The van der Waals surface area contributed by atoms with Crippen LogP contribution in [0.5, 0.6) is 0 Å². The summed E-state index contributed by atoms with van der Waals surface area (Å²) >= 11 is 0. The Morgan fingerprint density at radius 3 is 2.42 bits per heavy atom. The maximum absolute atomic E-state index is 13.6. The summed E-state index contributed by atoms with van der Waals surface area (Å²) in [6.45, 7) is 16.9. The summed E-state index contributed by atoms with van der Waals surface area (Å²) in [7, 11) is -0.239. The molecule has 3 aromatic rings. The molecule has 0 N–H and O–H groups in total. The molecule has 2 aromatic heterocycles. The van der Waals surface area contributed by atoms with E-state index in [1.54, 1.807) is 36.3 Å². The van der Waals surface area contributed by atoms with Crippen LogP contribution in [-0.4, -0.2) is 54.6 Å². The third-order valence-corrected chi connectivity index (χ3v) is 11.9. The molecule has 0 saturated carbocycles. The summed E-state index contributed by atoms with van der Waals surface area (Å²) in [6.07, 6.45) is 9.09. The summed E-state index contributed by atoms with van der Waals surface area (Å²) < 4.78 is 13.2. The summed E-state index contributed by atoms with van der Waals surface area (Å²) in [5.41, 5.74) is 2.12. The first kappa shape index (κ1) is 27.5. The van der Waals surface area contributed by atoms with Gasteiger partial charge >= 0.3 is 0 Å². The maximum Gasteiger partial charge on any atom is 0.298 e. The van der Waals surface area contributed by atoms with Crippen LogP contribution in [0.2, 0.25) is 18.1 Å². The van der Waals surface area contributed by atoms with Crippen LogP contribution in [0.3, 0.4) is 0 Å². The Kier molecular flexibility index (Phi) is 7.98. The molecule has 1 aromatic carbocycles. The van der Waals surface area contributed by atoms with E-state index in [9.17, 15) is 4.79 Å². The second kappa shape index (κ2) is 11.0. The molecular weight excluding hydrogens is 494 g/mol. The van der Waals surface area contributed by atoms with Crippen molar-refractivity contribution < 1.29 is 9.16 Å². The Morgan fingerprint density at radius 1 is 1.16 bits per heavy atom. The predicted molar refractivity (Wildman–Crippen MR) is 155 cm³/mol. The minimum atomic E-state index is -1.86. The molecule has 4 rings (SSSR count). The molecule has 8 nitrogen and oxygen atoms in total. The molecule has 0 atom stereocenters. The van der Waals surface area contributed by atoms with Gasteiger partial charge in [-0.2, -0.15) is 0 Å². The van der Waals surface area contributed by atoms with Gasteiger partial charge in [0.25, 0.3) is 5.56 Å². The highest BCUT2D eigenvalue weighted by atomic mass is 28.4. The number of methoxy groups -OCH3 is 1. The summed E-state index contributed by atoms with van der Waals surface area (Å²) in [4.78, 5) is 28.9. The molecule has 1 aliphatic rings. The molecule has 0 amide bonds. The van der Waals surface area contributed by atoms with Gasteiger partial charge in [-0.3, -0.25) is 9.36 Å². The maximum atomic E-state index is 13.6. The molecule has 0 radical (unpaired) electrons. The van der Waals surface area contributed by atoms with E-state index in [1.165, 1.54) is 0 Å². The van der Waals surface area contributed by atoms with Gasteiger partial charge in [-0.15, -0.1) is 0 Å². The lowest BCUT2D eigenvalue weighted by atomic mass is 9.98. The Labute approximate surface area is 225 Å². The van der Waals surface area contributed by atoms with Crippen LogP contribution >= 0.6 is 0 Å². The van der Waals surface area contributed by atoms with Crippen LogP contribution in [0, 0.1) is 5.92 Å². The zero-order valence-electron chi connectivity index (χ0n) is 23.1. The number of ether oxygens (including phenoxy) is 1. The van der Waals surface area contributed by atoms with Crippen LogP contribution in [0.1, 0.15) is 26.5 Å². The van der Waals surface area contributed by atoms with E-state index < -0.39 is 8.32 Å². The van der Waals surface area contributed by atoms with Crippen molar-refractivity contribution in [1.82, 2.24) is 19.5 Å². The average Bonchev–Trinajstić information content (AvgIpc) is 2.87. The van der Waals surface area contributed by atoms with Crippen molar-refractivity contribution in [2.45, 2.75) is 38.9 Å². The van der Waals surface area contributed by atoms with Gasteiger partial charge in [-0.1, -0.05) is 33.4 Å². The van der Waals surface area contributed by atoms with E-state index in [-0.39, 0.29) is 16.5 Å². The smallest absolute Gasteiger partial charge is 0.298 e. The predicted octanol–water partition coefficient (Wildman–Crippen LogP) is 5.32. The highest BCUT2D eigenvalue weighted by molar-refractivity contribution is 6.74. The monoisotopic (exact) mass is 531 g/mol. The second-order valence-electron chi connectivity index (χ2n) is 11.0. The molecule has 9 heteroatoms. The van der Waals surface area contributed by atoms with Crippen LogP contribution in [0.25, 0.3) is 23.2 Å². The van der Waals surface area contributed by atoms with Gasteiger partial charge in [0.2, 0.25) is 0 Å². The Balaban J connectivity index is 1.63. The Hall–Kier alpha value is -3.56. The molecule has 1 fully saturated rings. The largest absolute Gasteiger partial charge is 0.501 e. The Morgan fingerprint density at radius 2 is 1.82 bits per heavy atom. The molecule has 1 saturated heterocycles. The normalized spacial score (nSPS) is 14.5. The quantitative estimate of drug-likeness (QED) is 0.273.